The van der Waals surface area contributed by atoms with Gasteiger partial charge in [-0.15, -0.1) is 0 Å². The predicted octanol–water partition coefficient (Wildman–Crippen LogP) is 4.11. The molecule has 1 unspecified atom stereocenters. The molecule has 0 aliphatic rings. The van der Waals surface area contributed by atoms with E-state index in [-0.39, 0.29) is 0 Å². The first kappa shape index (κ1) is 18.5. The van der Waals surface area contributed by atoms with Gasteiger partial charge in [-0.2, -0.15) is 5.10 Å². The lowest BCUT2D eigenvalue weighted by Crippen LogP contribution is -1.92. The maximum absolute atomic E-state index is 8.87. The lowest BCUT2D eigenvalue weighted by molar-refractivity contribution is 0.388. The van der Waals surface area contributed by atoms with Gasteiger partial charge in [0.15, 0.2) is 0 Å². The molecule has 4 nitrogen and oxygen atoms in total. The third kappa shape index (κ3) is 5.85. The Balaban J connectivity index is 0. The minimum Gasteiger partial charge on any atom is -0.291 e. The summed E-state index contributed by atoms with van der Waals surface area (Å²) < 4.78 is 1.65. The zero-order valence-corrected chi connectivity index (χ0v) is 12.9. The van der Waals surface area contributed by atoms with E-state index in [1.807, 2.05) is 46.8 Å². The molecule has 100 valence electrons. The van der Waals surface area contributed by atoms with Crippen molar-refractivity contribution in [2.75, 3.05) is 5.48 Å². The van der Waals surface area contributed by atoms with Crippen LogP contribution in [0, 0.1) is 6.92 Å². The Morgan fingerprint density at radius 2 is 1.88 bits per heavy atom. The van der Waals surface area contributed by atoms with Crippen LogP contribution in [0.1, 0.15) is 52.4 Å². The summed E-state index contributed by atoms with van der Waals surface area (Å²) >= 11 is 0. The molecule has 1 aromatic rings. The van der Waals surface area contributed by atoms with Gasteiger partial charge < -0.3 is 0 Å². The number of allylic oxidation sites excluding steroid dienone is 1. The monoisotopic (exact) mass is 259 g/mol. The molecule has 0 aliphatic heterocycles. The van der Waals surface area contributed by atoms with Crippen molar-refractivity contribution < 1.29 is 5.21 Å². The van der Waals surface area contributed by atoms with Gasteiger partial charge in [0.05, 0.1) is 11.4 Å². The molecule has 1 atom stereocenters. The summed E-state index contributed by atoms with van der Waals surface area (Å²) in [5.74, 6) is 0. The number of rotatable bonds is 3. The van der Waals surface area contributed by atoms with Crippen LogP contribution < -0.4 is 5.48 Å². The second-order valence-corrected chi connectivity index (χ2v) is 3.20. The highest BCUT2D eigenvalue weighted by molar-refractivity contribution is 7.14. The van der Waals surface area contributed by atoms with Gasteiger partial charge in [-0.3, -0.25) is 10.7 Å². The number of nitrogens with zero attached hydrogens (tertiary/aromatic N) is 2. The average molecular weight is 259 g/mol. The minimum atomic E-state index is 0.653. The molecule has 0 bridgehead atoms. The van der Waals surface area contributed by atoms with Crippen LogP contribution in [0.2, 0.25) is 0 Å². The molecule has 17 heavy (non-hydrogen) atoms. The molecule has 0 amide bonds. The maximum atomic E-state index is 8.87. The van der Waals surface area contributed by atoms with E-state index in [1.165, 1.54) is 0 Å². The smallest absolute Gasteiger partial charge is 0.109 e. The van der Waals surface area contributed by atoms with Gasteiger partial charge in [-0.25, -0.2) is 4.45 Å². The van der Waals surface area contributed by atoms with Crippen LogP contribution in [-0.2, 0) is 0 Å². The summed E-state index contributed by atoms with van der Waals surface area (Å²) in [5, 5.41) is 13.0. The molecule has 1 rings (SSSR count). The molecule has 2 N–H and O–H groups in total. The lowest BCUT2D eigenvalue weighted by Gasteiger charge is -1.98. The number of hydrogen-bond donors (Lipinski definition) is 2. The third-order valence-electron chi connectivity index (χ3n) is 1.75. The molecule has 0 aromatic carbocycles. The van der Waals surface area contributed by atoms with E-state index >= 15 is 0 Å². The number of aromatic nitrogens is 2. The van der Waals surface area contributed by atoms with E-state index in [2.05, 4.69) is 26.9 Å². The molecule has 0 fully saturated rings. The summed E-state index contributed by atoms with van der Waals surface area (Å²) in [6, 6.07) is 0. The largest absolute Gasteiger partial charge is 0.291 e. The fourth-order valence-corrected chi connectivity index (χ4v) is 1.48. The normalized spacial score (nSPS) is 9.18. The van der Waals surface area contributed by atoms with Crippen molar-refractivity contribution in [2.24, 2.45) is 0 Å². The van der Waals surface area contributed by atoms with E-state index in [1.54, 1.807) is 4.45 Å². The fraction of sp³-hybridized carbons (Fsp3) is 0.583. The zero-order chi connectivity index (χ0) is 13.8. The fourth-order valence-electron chi connectivity index (χ4n) is 1.09. The highest BCUT2D eigenvalue weighted by Gasteiger charge is 2.08. The van der Waals surface area contributed by atoms with E-state index in [9.17, 15) is 0 Å². The first-order chi connectivity index (χ1) is 8.20. The Kier molecular flexibility index (Phi) is 12.6. The van der Waals surface area contributed by atoms with Crippen LogP contribution in [0.3, 0.4) is 0 Å². The van der Waals surface area contributed by atoms with Crippen LogP contribution in [0.5, 0.6) is 0 Å². The quantitative estimate of drug-likeness (QED) is 0.634. The second kappa shape index (κ2) is 11.6. The van der Waals surface area contributed by atoms with Gasteiger partial charge in [0.2, 0.25) is 0 Å². The van der Waals surface area contributed by atoms with Crippen LogP contribution in [0.25, 0.3) is 6.08 Å². The molecular formula is C12H26N3OP. The second-order valence-electron chi connectivity index (χ2n) is 2.71. The molecular weight excluding hydrogens is 233 g/mol. The van der Waals surface area contributed by atoms with E-state index in [0.29, 0.717) is 5.69 Å². The molecule has 0 saturated heterocycles. The summed E-state index contributed by atoms with van der Waals surface area (Å²) in [5.41, 5.74) is 4.42. The summed E-state index contributed by atoms with van der Waals surface area (Å²) in [4.78, 5) is 0. The van der Waals surface area contributed by atoms with Crippen LogP contribution in [0.15, 0.2) is 6.08 Å². The van der Waals surface area contributed by atoms with Crippen molar-refractivity contribution in [1.29, 1.82) is 0 Å². The lowest BCUT2D eigenvalue weighted by atomic mass is 10.3. The van der Waals surface area contributed by atoms with Crippen molar-refractivity contribution >= 4 is 21.2 Å². The summed E-state index contributed by atoms with van der Waals surface area (Å²) in [6.45, 7) is 11.9. The van der Waals surface area contributed by atoms with Crippen LogP contribution in [-0.4, -0.2) is 14.8 Å². The number of anilines is 1. The predicted molar refractivity (Wildman–Crippen MR) is 79.5 cm³/mol. The Morgan fingerprint density at radius 3 is 2.29 bits per heavy atom. The van der Waals surface area contributed by atoms with Crippen LogP contribution >= 0.6 is 9.39 Å². The van der Waals surface area contributed by atoms with Gasteiger partial charge >= 0.3 is 0 Å². The SMILES string of the molecule is CC.CC.CC/C=C\c1c(NO)c(C)nn1P. The average Bonchev–Trinajstić information content (AvgIpc) is 2.65. The highest BCUT2D eigenvalue weighted by atomic mass is 31.0. The first-order valence-corrected chi connectivity index (χ1v) is 6.63. The van der Waals surface area contributed by atoms with Gasteiger partial charge in [-0.05, 0) is 28.8 Å². The molecule has 0 spiro atoms. The standard InChI is InChI=1S/C8H14N3OP.2C2H6/c1-3-4-5-7-8(10-12)6(2)9-11(7)13;2*1-2/h4-5,10,12H,3,13H2,1-2H3;2*1-2H3/b5-4-;;. The van der Waals surface area contributed by atoms with E-state index in [4.69, 9.17) is 5.21 Å². The molecule has 1 heterocycles. The Hall–Kier alpha value is -0.860. The van der Waals surface area contributed by atoms with Crippen molar-refractivity contribution in [3.05, 3.63) is 17.5 Å². The van der Waals surface area contributed by atoms with Crippen LogP contribution in [0.4, 0.5) is 5.69 Å². The minimum absolute atomic E-state index is 0.653. The summed E-state index contributed by atoms with van der Waals surface area (Å²) in [7, 11) is 2.47. The molecule has 0 aliphatic carbocycles. The van der Waals surface area contributed by atoms with Crippen molar-refractivity contribution in [1.82, 2.24) is 9.55 Å². The van der Waals surface area contributed by atoms with Crippen molar-refractivity contribution in [3.8, 4) is 0 Å². The van der Waals surface area contributed by atoms with Crippen molar-refractivity contribution in [3.63, 3.8) is 0 Å². The molecule has 0 saturated carbocycles. The zero-order valence-electron chi connectivity index (χ0n) is 11.8. The Morgan fingerprint density at radius 1 is 1.35 bits per heavy atom. The van der Waals surface area contributed by atoms with Gasteiger partial charge in [0, 0.05) is 0 Å². The van der Waals surface area contributed by atoms with Gasteiger partial charge in [0.1, 0.15) is 5.69 Å². The Bertz CT molecular complexity index is 322. The van der Waals surface area contributed by atoms with E-state index < -0.39 is 0 Å². The van der Waals surface area contributed by atoms with Gasteiger partial charge in [0.25, 0.3) is 0 Å². The molecule has 1 aromatic heterocycles. The van der Waals surface area contributed by atoms with E-state index in [0.717, 1.165) is 17.8 Å². The number of nitrogens with one attached hydrogen (secondary N) is 1. The number of hydrogen-bond acceptors (Lipinski definition) is 3. The molecule has 5 heteroatoms. The first-order valence-electron chi connectivity index (χ1n) is 6.12. The third-order valence-corrected chi connectivity index (χ3v) is 2.14. The maximum Gasteiger partial charge on any atom is 0.109 e. The molecule has 0 radical (unpaired) electrons. The summed E-state index contributed by atoms with van der Waals surface area (Å²) in [6.07, 6.45) is 4.89. The number of aryl methyl sites for hydroxylation is 1. The van der Waals surface area contributed by atoms with Crippen molar-refractivity contribution in [2.45, 2.75) is 48.0 Å². The highest BCUT2D eigenvalue weighted by Crippen LogP contribution is 2.22. The topological polar surface area (TPSA) is 50.1 Å². The Labute approximate surface area is 107 Å². The van der Waals surface area contributed by atoms with Gasteiger partial charge in [-0.1, -0.05) is 40.7 Å².